The summed E-state index contributed by atoms with van der Waals surface area (Å²) in [4.78, 5) is 28.3. The quantitative estimate of drug-likeness (QED) is 0.449. The van der Waals surface area contributed by atoms with Crippen molar-refractivity contribution in [3.05, 3.63) is 58.1 Å². The fraction of sp³-hybridized carbons (Fsp3) is 0. The van der Waals surface area contributed by atoms with Gasteiger partial charge in [0.05, 0.1) is 16.0 Å². The summed E-state index contributed by atoms with van der Waals surface area (Å²) in [7, 11) is 0. The lowest BCUT2D eigenvalue weighted by molar-refractivity contribution is -0.384. The van der Waals surface area contributed by atoms with Gasteiger partial charge in [-0.15, -0.1) is 0 Å². The molecule has 1 N–H and O–H groups in total. The smallest absolute Gasteiger partial charge is 0.271 e. The molecule has 1 aromatic heterocycles. The number of nitrogens with one attached hydrogen (secondary N) is 1. The van der Waals surface area contributed by atoms with E-state index in [1.807, 2.05) is 0 Å². The molecule has 20 heavy (non-hydrogen) atoms. The molecule has 3 aromatic rings. The maximum Gasteiger partial charge on any atom is 0.271 e. The first kappa shape index (κ1) is 12.0. The normalized spacial score (nSPS) is 10.6. The molecule has 0 unspecified atom stereocenters. The molecule has 2 aromatic carbocycles. The van der Waals surface area contributed by atoms with E-state index in [0.717, 1.165) is 17.4 Å². The van der Waals surface area contributed by atoms with E-state index in [9.17, 15) is 14.9 Å². The molecule has 0 atom stereocenters. The number of imidazole rings is 1. The van der Waals surface area contributed by atoms with Crippen molar-refractivity contribution in [1.82, 2.24) is 9.97 Å². The highest BCUT2D eigenvalue weighted by molar-refractivity contribution is 5.82. The van der Waals surface area contributed by atoms with Crippen LogP contribution < -0.4 is 0 Å². The van der Waals surface area contributed by atoms with E-state index >= 15 is 0 Å². The second kappa shape index (κ2) is 4.58. The van der Waals surface area contributed by atoms with Crippen LogP contribution in [0.1, 0.15) is 10.4 Å². The Morgan fingerprint density at radius 3 is 2.55 bits per heavy atom. The molecule has 0 aliphatic heterocycles. The second-order valence-corrected chi connectivity index (χ2v) is 4.28. The summed E-state index contributed by atoms with van der Waals surface area (Å²) in [6.07, 6.45) is 0.770. The summed E-state index contributed by atoms with van der Waals surface area (Å²) in [5.41, 5.74) is 2.67. The molecule has 0 amide bonds. The maximum atomic E-state index is 10.7. The number of non-ortho nitro benzene ring substituents is 1. The number of carbonyl (C=O) groups is 1. The van der Waals surface area contributed by atoms with Crippen LogP contribution in [0, 0.1) is 10.1 Å². The Bertz CT molecular complexity index is 806. The largest absolute Gasteiger partial charge is 0.338 e. The predicted molar refractivity (Wildman–Crippen MR) is 73.6 cm³/mol. The molecule has 0 fully saturated rings. The van der Waals surface area contributed by atoms with Crippen molar-refractivity contribution in [3.8, 4) is 11.4 Å². The Morgan fingerprint density at radius 2 is 1.90 bits per heavy atom. The van der Waals surface area contributed by atoms with Crippen LogP contribution in [0.5, 0.6) is 0 Å². The molecule has 6 heteroatoms. The van der Waals surface area contributed by atoms with Gasteiger partial charge in [-0.3, -0.25) is 14.9 Å². The van der Waals surface area contributed by atoms with Gasteiger partial charge < -0.3 is 4.98 Å². The molecular weight excluding hydrogens is 258 g/mol. The zero-order valence-corrected chi connectivity index (χ0v) is 10.2. The highest BCUT2D eigenvalue weighted by Gasteiger charge is 2.10. The third-order valence-electron chi connectivity index (χ3n) is 3.00. The van der Waals surface area contributed by atoms with E-state index in [-0.39, 0.29) is 5.69 Å². The van der Waals surface area contributed by atoms with Crippen LogP contribution in [0.15, 0.2) is 42.5 Å². The molecular formula is C14H9N3O3. The van der Waals surface area contributed by atoms with Crippen molar-refractivity contribution in [2.24, 2.45) is 0 Å². The Labute approximate surface area is 113 Å². The first-order chi connectivity index (χ1) is 9.67. The van der Waals surface area contributed by atoms with Crippen molar-refractivity contribution < 1.29 is 9.72 Å². The molecule has 3 rings (SSSR count). The lowest BCUT2D eigenvalue weighted by Crippen LogP contribution is -1.86. The van der Waals surface area contributed by atoms with E-state index in [1.54, 1.807) is 30.3 Å². The summed E-state index contributed by atoms with van der Waals surface area (Å²) >= 11 is 0. The van der Waals surface area contributed by atoms with Crippen LogP contribution >= 0.6 is 0 Å². The zero-order valence-electron chi connectivity index (χ0n) is 10.2. The fourth-order valence-electron chi connectivity index (χ4n) is 1.96. The third-order valence-corrected chi connectivity index (χ3v) is 3.00. The molecule has 0 aliphatic carbocycles. The average Bonchev–Trinajstić information content (AvgIpc) is 2.90. The molecule has 1 heterocycles. The molecule has 0 saturated carbocycles. The van der Waals surface area contributed by atoms with Gasteiger partial charge in [0, 0.05) is 23.3 Å². The number of H-pyrrole nitrogens is 1. The molecule has 0 spiro atoms. The molecule has 98 valence electrons. The topological polar surface area (TPSA) is 88.9 Å². The first-order valence-corrected chi connectivity index (χ1v) is 5.87. The Kier molecular flexibility index (Phi) is 2.76. The maximum absolute atomic E-state index is 10.7. The highest BCUT2D eigenvalue weighted by atomic mass is 16.6. The number of aromatic nitrogens is 2. The number of nitro groups is 1. The summed E-state index contributed by atoms with van der Waals surface area (Å²) in [5.74, 6) is 0.609. The number of fused-ring (bicyclic) bond motifs is 1. The van der Waals surface area contributed by atoms with Gasteiger partial charge in [0.25, 0.3) is 5.69 Å². The van der Waals surface area contributed by atoms with Gasteiger partial charge in [-0.25, -0.2) is 4.98 Å². The van der Waals surface area contributed by atoms with Crippen molar-refractivity contribution in [2.75, 3.05) is 0 Å². The highest BCUT2D eigenvalue weighted by Crippen LogP contribution is 2.23. The number of benzene rings is 2. The lowest BCUT2D eigenvalue weighted by Gasteiger charge is -1.96. The Hall–Kier alpha value is -3.02. The van der Waals surface area contributed by atoms with Gasteiger partial charge in [-0.05, 0) is 6.07 Å². The summed E-state index contributed by atoms with van der Waals surface area (Å²) in [6, 6.07) is 11.4. The van der Waals surface area contributed by atoms with Gasteiger partial charge in [0.15, 0.2) is 0 Å². The minimum atomic E-state index is -0.452. The number of rotatable bonds is 3. The van der Waals surface area contributed by atoms with Crippen molar-refractivity contribution in [3.63, 3.8) is 0 Å². The van der Waals surface area contributed by atoms with Crippen LogP contribution in [0.2, 0.25) is 0 Å². The van der Waals surface area contributed by atoms with Crippen molar-refractivity contribution >= 4 is 23.0 Å². The number of aromatic amines is 1. The molecule has 6 nitrogen and oxygen atoms in total. The standard InChI is InChI=1S/C14H9N3O3/c18-8-9-1-3-10(4-2-9)14-15-12-6-5-11(17(19)20)7-13(12)16-14/h1-8H,(H,15,16). The average molecular weight is 267 g/mol. The van der Waals surface area contributed by atoms with E-state index in [1.165, 1.54) is 12.1 Å². The van der Waals surface area contributed by atoms with Crippen LogP contribution in [0.3, 0.4) is 0 Å². The number of hydrogen-bond donors (Lipinski definition) is 1. The van der Waals surface area contributed by atoms with Gasteiger partial charge in [0.2, 0.25) is 0 Å². The minimum Gasteiger partial charge on any atom is -0.338 e. The fourth-order valence-corrected chi connectivity index (χ4v) is 1.96. The van der Waals surface area contributed by atoms with E-state index in [0.29, 0.717) is 16.9 Å². The monoisotopic (exact) mass is 267 g/mol. The van der Waals surface area contributed by atoms with E-state index in [2.05, 4.69) is 9.97 Å². The summed E-state index contributed by atoms with van der Waals surface area (Å²) < 4.78 is 0. The molecule has 0 bridgehead atoms. The van der Waals surface area contributed by atoms with Crippen molar-refractivity contribution in [1.29, 1.82) is 0 Å². The minimum absolute atomic E-state index is 0.00635. The number of nitro benzene ring substituents is 1. The number of carbonyl (C=O) groups excluding carboxylic acids is 1. The number of aldehydes is 1. The predicted octanol–water partition coefficient (Wildman–Crippen LogP) is 2.95. The van der Waals surface area contributed by atoms with E-state index < -0.39 is 4.92 Å². The van der Waals surface area contributed by atoms with Gasteiger partial charge >= 0.3 is 0 Å². The molecule has 0 radical (unpaired) electrons. The third kappa shape index (κ3) is 2.03. The number of nitrogens with zero attached hydrogens (tertiary/aromatic N) is 2. The van der Waals surface area contributed by atoms with Gasteiger partial charge in [-0.1, -0.05) is 24.3 Å². The zero-order chi connectivity index (χ0) is 14.1. The lowest BCUT2D eigenvalue weighted by atomic mass is 10.1. The van der Waals surface area contributed by atoms with Crippen LogP contribution in [-0.2, 0) is 0 Å². The SMILES string of the molecule is O=Cc1ccc(-c2nc3cc([N+](=O)[O-])ccc3[nH]2)cc1. The van der Waals surface area contributed by atoms with Crippen LogP contribution in [-0.4, -0.2) is 21.2 Å². The van der Waals surface area contributed by atoms with Crippen LogP contribution in [0.25, 0.3) is 22.4 Å². The second-order valence-electron chi connectivity index (χ2n) is 4.28. The Morgan fingerprint density at radius 1 is 1.15 bits per heavy atom. The van der Waals surface area contributed by atoms with Crippen LogP contribution in [0.4, 0.5) is 5.69 Å². The number of hydrogen-bond acceptors (Lipinski definition) is 4. The molecule has 0 saturated heterocycles. The molecule has 0 aliphatic rings. The van der Waals surface area contributed by atoms with Gasteiger partial charge in [0.1, 0.15) is 12.1 Å². The van der Waals surface area contributed by atoms with Crippen molar-refractivity contribution in [2.45, 2.75) is 0 Å². The first-order valence-electron chi connectivity index (χ1n) is 5.87. The Balaban J connectivity index is 2.07. The summed E-state index contributed by atoms with van der Waals surface area (Å²) in [5, 5.41) is 10.7. The van der Waals surface area contributed by atoms with E-state index in [4.69, 9.17) is 0 Å². The van der Waals surface area contributed by atoms with Gasteiger partial charge in [-0.2, -0.15) is 0 Å². The summed E-state index contributed by atoms with van der Waals surface area (Å²) in [6.45, 7) is 0.